The third kappa shape index (κ3) is 2.45. The Kier molecular flexibility index (Phi) is 3.63. The van der Waals surface area contributed by atoms with Gasteiger partial charge in [-0.1, -0.05) is 6.92 Å². The minimum Gasteiger partial charge on any atom is -0.379 e. The maximum atomic E-state index is 13.8. The zero-order chi connectivity index (χ0) is 11.4. The molecule has 0 spiro atoms. The Morgan fingerprint density at radius 3 is 2.88 bits per heavy atom. The van der Waals surface area contributed by atoms with Crippen molar-refractivity contribution in [2.24, 2.45) is 0 Å². The monoisotopic (exact) mass is 226 g/mol. The van der Waals surface area contributed by atoms with E-state index < -0.39 is 0 Å². The average molecular weight is 226 g/mol. The van der Waals surface area contributed by atoms with Crippen LogP contribution in [-0.4, -0.2) is 41.3 Å². The van der Waals surface area contributed by atoms with E-state index in [0.29, 0.717) is 25.3 Å². The number of hydrogen-bond acceptors (Lipinski definition) is 5. The molecular weight excluding hydrogens is 211 g/mol. The molecule has 1 aromatic rings. The van der Waals surface area contributed by atoms with E-state index in [4.69, 9.17) is 4.74 Å². The van der Waals surface area contributed by atoms with E-state index in [1.54, 1.807) is 0 Å². The number of nitrogens with zero attached hydrogens (tertiary/aromatic N) is 3. The highest BCUT2D eigenvalue weighted by Crippen LogP contribution is 2.14. The number of halogens is 1. The van der Waals surface area contributed by atoms with Crippen LogP contribution in [0.15, 0.2) is 6.33 Å². The number of nitrogens with one attached hydrogen (secondary N) is 1. The highest BCUT2D eigenvalue weighted by molar-refractivity contribution is 5.36. The summed E-state index contributed by atoms with van der Waals surface area (Å²) >= 11 is 0. The Balaban J connectivity index is 2.08. The smallest absolute Gasteiger partial charge is 0.188 e. The summed E-state index contributed by atoms with van der Waals surface area (Å²) in [5, 5.41) is 1.90. The molecule has 1 N–H and O–H groups in total. The fourth-order valence-corrected chi connectivity index (χ4v) is 1.56. The lowest BCUT2D eigenvalue weighted by Crippen LogP contribution is -2.40. The van der Waals surface area contributed by atoms with E-state index in [1.165, 1.54) is 6.33 Å². The van der Waals surface area contributed by atoms with E-state index in [9.17, 15) is 4.39 Å². The molecule has 1 aliphatic heterocycles. The third-order valence-corrected chi connectivity index (χ3v) is 2.47. The van der Waals surface area contributed by atoms with Gasteiger partial charge in [-0.3, -0.25) is 0 Å². The fraction of sp³-hybridized carbons (Fsp3) is 0.600. The molecule has 0 amide bonds. The summed E-state index contributed by atoms with van der Waals surface area (Å²) in [6, 6.07) is 0. The minimum atomic E-state index is -0.364. The number of rotatable bonds is 3. The standard InChI is InChI=1S/C10H15FN4O/c1-2-8-9(11)10(13-7-12-8)14-15-3-5-16-6-4-15/h7H,2-6H2,1H3,(H,12,13,14). The molecule has 1 saturated heterocycles. The Morgan fingerprint density at radius 1 is 1.44 bits per heavy atom. The first kappa shape index (κ1) is 11.2. The summed E-state index contributed by atoms with van der Waals surface area (Å²) in [4.78, 5) is 7.78. The second-order valence-corrected chi connectivity index (χ2v) is 3.55. The lowest BCUT2D eigenvalue weighted by molar-refractivity contribution is 0.0492. The van der Waals surface area contributed by atoms with Crippen molar-refractivity contribution >= 4 is 5.82 Å². The molecule has 1 aliphatic rings. The highest BCUT2D eigenvalue weighted by atomic mass is 19.1. The van der Waals surface area contributed by atoms with Crippen LogP contribution in [0.1, 0.15) is 12.6 Å². The molecule has 1 aromatic heterocycles. The van der Waals surface area contributed by atoms with Gasteiger partial charge in [0.2, 0.25) is 0 Å². The van der Waals surface area contributed by atoms with Crippen LogP contribution >= 0.6 is 0 Å². The lowest BCUT2D eigenvalue weighted by atomic mass is 10.3. The minimum absolute atomic E-state index is 0.244. The Morgan fingerprint density at radius 2 is 2.19 bits per heavy atom. The molecule has 0 atom stereocenters. The van der Waals surface area contributed by atoms with Crippen molar-refractivity contribution in [2.45, 2.75) is 13.3 Å². The van der Waals surface area contributed by atoms with Gasteiger partial charge in [0.15, 0.2) is 11.6 Å². The van der Waals surface area contributed by atoms with E-state index >= 15 is 0 Å². The number of aromatic nitrogens is 2. The van der Waals surface area contributed by atoms with E-state index in [1.807, 2.05) is 11.9 Å². The second kappa shape index (κ2) is 5.18. The zero-order valence-electron chi connectivity index (χ0n) is 9.24. The van der Waals surface area contributed by atoms with Crippen molar-refractivity contribution in [3.05, 3.63) is 17.8 Å². The van der Waals surface area contributed by atoms with Crippen LogP contribution in [0.4, 0.5) is 10.2 Å². The number of aryl methyl sites for hydroxylation is 1. The quantitative estimate of drug-likeness (QED) is 0.827. The number of hydrazine groups is 1. The molecule has 2 heterocycles. The molecule has 0 aliphatic carbocycles. The van der Waals surface area contributed by atoms with Crippen molar-refractivity contribution in [1.82, 2.24) is 15.0 Å². The molecule has 0 saturated carbocycles. The molecular formula is C10H15FN4O. The molecule has 2 rings (SSSR count). The number of anilines is 1. The van der Waals surface area contributed by atoms with Crippen LogP contribution in [0, 0.1) is 5.82 Å². The van der Waals surface area contributed by atoms with Gasteiger partial charge in [0.25, 0.3) is 0 Å². The van der Waals surface area contributed by atoms with Gasteiger partial charge < -0.3 is 10.2 Å². The van der Waals surface area contributed by atoms with Crippen LogP contribution in [0.25, 0.3) is 0 Å². The fourth-order valence-electron chi connectivity index (χ4n) is 1.56. The van der Waals surface area contributed by atoms with Gasteiger partial charge in [-0.15, -0.1) is 0 Å². The summed E-state index contributed by atoms with van der Waals surface area (Å²) in [5.74, 6) is -0.120. The summed E-state index contributed by atoms with van der Waals surface area (Å²) in [7, 11) is 0. The van der Waals surface area contributed by atoms with Crippen molar-refractivity contribution in [3.8, 4) is 0 Å². The Hall–Kier alpha value is -1.27. The van der Waals surface area contributed by atoms with Gasteiger partial charge in [0.1, 0.15) is 6.33 Å². The van der Waals surface area contributed by atoms with E-state index in [0.717, 1.165) is 13.1 Å². The summed E-state index contributed by atoms with van der Waals surface area (Å²) in [5.41, 5.74) is 3.39. The lowest BCUT2D eigenvalue weighted by Gasteiger charge is -2.27. The summed E-state index contributed by atoms with van der Waals surface area (Å²) in [6.45, 7) is 4.63. The van der Waals surface area contributed by atoms with Gasteiger partial charge in [-0.2, -0.15) is 0 Å². The van der Waals surface area contributed by atoms with Crippen molar-refractivity contribution in [3.63, 3.8) is 0 Å². The molecule has 0 radical (unpaired) electrons. The first-order chi connectivity index (χ1) is 7.81. The number of hydrogen-bond donors (Lipinski definition) is 1. The normalized spacial score (nSPS) is 17.4. The second-order valence-electron chi connectivity index (χ2n) is 3.55. The predicted octanol–water partition coefficient (Wildman–Crippen LogP) is 0.837. The molecule has 0 bridgehead atoms. The largest absolute Gasteiger partial charge is 0.379 e. The Bertz CT molecular complexity index is 355. The van der Waals surface area contributed by atoms with Crippen molar-refractivity contribution < 1.29 is 9.13 Å². The molecule has 0 aromatic carbocycles. The van der Waals surface area contributed by atoms with E-state index in [2.05, 4.69) is 15.4 Å². The first-order valence-corrected chi connectivity index (χ1v) is 5.40. The van der Waals surface area contributed by atoms with Gasteiger partial charge in [0, 0.05) is 13.1 Å². The molecule has 1 fully saturated rings. The zero-order valence-corrected chi connectivity index (χ0v) is 9.24. The van der Waals surface area contributed by atoms with Crippen LogP contribution in [0.3, 0.4) is 0 Å². The SMILES string of the molecule is CCc1ncnc(NN2CCOCC2)c1F. The van der Waals surface area contributed by atoms with Gasteiger partial charge in [0.05, 0.1) is 18.9 Å². The predicted molar refractivity (Wildman–Crippen MR) is 57.4 cm³/mol. The molecule has 5 nitrogen and oxygen atoms in total. The number of morpholine rings is 1. The van der Waals surface area contributed by atoms with Crippen LogP contribution in [0.2, 0.25) is 0 Å². The summed E-state index contributed by atoms with van der Waals surface area (Å²) < 4.78 is 19.0. The number of ether oxygens (including phenoxy) is 1. The topological polar surface area (TPSA) is 50.3 Å². The van der Waals surface area contributed by atoms with Crippen LogP contribution < -0.4 is 5.43 Å². The van der Waals surface area contributed by atoms with Crippen LogP contribution in [0.5, 0.6) is 0 Å². The van der Waals surface area contributed by atoms with Crippen molar-refractivity contribution in [1.29, 1.82) is 0 Å². The van der Waals surface area contributed by atoms with Crippen LogP contribution in [-0.2, 0) is 11.2 Å². The maximum absolute atomic E-state index is 13.8. The van der Waals surface area contributed by atoms with Gasteiger partial charge in [-0.25, -0.2) is 19.4 Å². The molecule has 88 valence electrons. The van der Waals surface area contributed by atoms with Crippen molar-refractivity contribution in [2.75, 3.05) is 31.7 Å². The molecule has 6 heteroatoms. The first-order valence-electron chi connectivity index (χ1n) is 5.40. The maximum Gasteiger partial charge on any atom is 0.188 e. The molecule has 16 heavy (non-hydrogen) atoms. The van der Waals surface area contributed by atoms with Gasteiger partial charge >= 0.3 is 0 Å². The summed E-state index contributed by atoms with van der Waals surface area (Å²) in [6.07, 6.45) is 1.94. The highest BCUT2D eigenvalue weighted by Gasteiger charge is 2.14. The molecule has 0 unspecified atom stereocenters. The Labute approximate surface area is 93.6 Å². The van der Waals surface area contributed by atoms with Gasteiger partial charge in [-0.05, 0) is 6.42 Å². The third-order valence-electron chi connectivity index (χ3n) is 2.47. The van der Waals surface area contributed by atoms with E-state index in [-0.39, 0.29) is 11.6 Å². The average Bonchev–Trinajstić information content (AvgIpc) is 2.33.